The lowest BCUT2D eigenvalue weighted by atomic mass is 10.1. The van der Waals surface area contributed by atoms with E-state index < -0.39 is 0 Å². The number of Topliss-reactive ketones (excluding diaryl/α,β-unsaturated/α-hetero) is 1. The number of hydrogen-bond acceptors (Lipinski definition) is 2. The first kappa shape index (κ1) is 13.1. The molecule has 0 atom stereocenters. The van der Waals surface area contributed by atoms with Gasteiger partial charge in [-0.3, -0.25) is 9.59 Å². The lowest BCUT2D eigenvalue weighted by Crippen LogP contribution is -2.30. The summed E-state index contributed by atoms with van der Waals surface area (Å²) in [6.45, 7) is 0.624. The standard InChI is InChI=1S/C16H12BrNO2/c17-13-6-3-5-11(8-13)15(19)10-18-9-12-4-1-2-7-14(12)16(18)20/h1-8H,9-10H2. The zero-order valence-corrected chi connectivity index (χ0v) is 12.3. The summed E-state index contributed by atoms with van der Waals surface area (Å²) in [4.78, 5) is 26.0. The van der Waals surface area contributed by atoms with Gasteiger partial charge in [-0.1, -0.05) is 46.3 Å². The van der Waals surface area contributed by atoms with Gasteiger partial charge in [0.25, 0.3) is 5.91 Å². The Hall–Kier alpha value is -1.94. The summed E-state index contributed by atoms with van der Waals surface area (Å²) in [5.74, 6) is -0.114. The third-order valence-electron chi connectivity index (χ3n) is 3.38. The molecule has 0 N–H and O–H groups in total. The smallest absolute Gasteiger partial charge is 0.254 e. The van der Waals surface area contributed by atoms with Crippen LogP contribution in [0.3, 0.4) is 0 Å². The maximum Gasteiger partial charge on any atom is 0.254 e. The SMILES string of the molecule is O=C(CN1Cc2ccccc2C1=O)c1cccc(Br)c1. The van der Waals surface area contributed by atoms with E-state index in [0.29, 0.717) is 17.7 Å². The van der Waals surface area contributed by atoms with Gasteiger partial charge in [0.1, 0.15) is 0 Å². The Labute approximate surface area is 125 Å². The zero-order valence-electron chi connectivity index (χ0n) is 10.7. The van der Waals surface area contributed by atoms with Crippen LogP contribution in [0.1, 0.15) is 26.3 Å². The summed E-state index contributed by atoms with van der Waals surface area (Å²) in [7, 11) is 0. The first-order valence-corrected chi connectivity index (χ1v) is 7.10. The average Bonchev–Trinajstić information content (AvgIpc) is 2.76. The molecule has 20 heavy (non-hydrogen) atoms. The number of carbonyl (C=O) groups excluding carboxylic acids is 2. The highest BCUT2D eigenvalue weighted by Crippen LogP contribution is 2.22. The minimum absolute atomic E-state index is 0.0487. The second-order valence-electron chi connectivity index (χ2n) is 4.75. The van der Waals surface area contributed by atoms with Gasteiger partial charge in [-0.15, -0.1) is 0 Å². The van der Waals surface area contributed by atoms with Crippen molar-refractivity contribution < 1.29 is 9.59 Å². The van der Waals surface area contributed by atoms with Crippen molar-refractivity contribution in [3.8, 4) is 0 Å². The van der Waals surface area contributed by atoms with E-state index in [1.807, 2.05) is 30.3 Å². The number of benzene rings is 2. The molecule has 1 aliphatic rings. The molecule has 0 radical (unpaired) electrons. The minimum Gasteiger partial charge on any atom is -0.327 e. The summed E-state index contributed by atoms with van der Waals surface area (Å²) in [6, 6.07) is 14.7. The summed E-state index contributed by atoms with van der Waals surface area (Å²) in [5, 5.41) is 0. The van der Waals surface area contributed by atoms with E-state index in [9.17, 15) is 9.59 Å². The fourth-order valence-corrected chi connectivity index (χ4v) is 2.77. The average molecular weight is 330 g/mol. The number of carbonyl (C=O) groups is 2. The third-order valence-corrected chi connectivity index (χ3v) is 3.87. The van der Waals surface area contributed by atoms with Crippen molar-refractivity contribution >= 4 is 27.6 Å². The number of fused-ring (bicyclic) bond motifs is 1. The molecule has 1 aliphatic heterocycles. The van der Waals surface area contributed by atoms with E-state index >= 15 is 0 Å². The van der Waals surface area contributed by atoms with Gasteiger partial charge >= 0.3 is 0 Å². The molecular formula is C16H12BrNO2. The van der Waals surface area contributed by atoms with Crippen LogP contribution in [0.5, 0.6) is 0 Å². The molecule has 3 rings (SSSR count). The van der Waals surface area contributed by atoms with Crippen LogP contribution < -0.4 is 0 Å². The predicted octanol–water partition coefficient (Wildman–Crippen LogP) is 3.29. The molecule has 0 aliphatic carbocycles. The van der Waals surface area contributed by atoms with Crippen molar-refractivity contribution in [2.24, 2.45) is 0 Å². The summed E-state index contributed by atoms with van der Waals surface area (Å²) < 4.78 is 0.861. The van der Waals surface area contributed by atoms with Gasteiger partial charge in [0, 0.05) is 22.1 Å². The molecule has 0 saturated carbocycles. The Morgan fingerprint density at radius 1 is 1.15 bits per heavy atom. The highest BCUT2D eigenvalue weighted by molar-refractivity contribution is 9.10. The van der Waals surface area contributed by atoms with Crippen LogP contribution in [0.25, 0.3) is 0 Å². The summed E-state index contributed by atoms with van der Waals surface area (Å²) >= 11 is 3.35. The minimum atomic E-state index is -0.0658. The molecule has 0 fully saturated rings. The Morgan fingerprint density at radius 3 is 2.70 bits per heavy atom. The maximum atomic E-state index is 12.2. The van der Waals surface area contributed by atoms with E-state index in [2.05, 4.69) is 15.9 Å². The van der Waals surface area contributed by atoms with Crippen molar-refractivity contribution in [1.29, 1.82) is 0 Å². The second kappa shape index (κ2) is 5.21. The Kier molecular flexibility index (Phi) is 3.40. The van der Waals surface area contributed by atoms with E-state index in [0.717, 1.165) is 10.0 Å². The molecule has 0 unspecified atom stereocenters. The van der Waals surface area contributed by atoms with Gasteiger partial charge in [0.15, 0.2) is 5.78 Å². The van der Waals surface area contributed by atoms with Crippen molar-refractivity contribution in [2.45, 2.75) is 6.54 Å². The molecule has 1 amide bonds. The number of hydrogen-bond donors (Lipinski definition) is 0. The number of rotatable bonds is 3. The van der Waals surface area contributed by atoms with Crippen LogP contribution in [0, 0.1) is 0 Å². The Morgan fingerprint density at radius 2 is 1.95 bits per heavy atom. The fraction of sp³-hybridized carbons (Fsp3) is 0.125. The molecule has 4 heteroatoms. The predicted molar refractivity (Wildman–Crippen MR) is 79.7 cm³/mol. The van der Waals surface area contributed by atoms with E-state index in [1.54, 1.807) is 23.1 Å². The zero-order chi connectivity index (χ0) is 14.1. The van der Waals surface area contributed by atoms with Crippen molar-refractivity contribution in [3.63, 3.8) is 0 Å². The van der Waals surface area contributed by atoms with Gasteiger partial charge in [-0.25, -0.2) is 0 Å². The molecule has 100 valence electrons. The van der Waals surface area contributed by atoms with Crippen LogP contribution in [-0.2, 0) is 6.54 Å². The highest BCUT2D eigenvalue weighted by Gasteiger charge is 2.28. The van der Waals surface area contributed by atoms with Crippen molar-refractivity contribution in [3.05, 3.63) is 69.7 Å². The number of amides is 1. The molecule has 2 aromatic carbocycles. The topological polar surface area (TPSA) is 37.4 Å². The number of halogens is 1. The number of ketones is 1. The Balaban J connectivity index is 1.77. The maximum absolute atomic E-state index is 12.2. The van der Waals surface area contributed by atoms with Gasteiger partial charge in [-0.05, 0) is 23.8 Å². The van der Waals surface area contributed by atoms with Crippen molar-refractivity contribution in [1.82, 2.24) is 4.90 Å². The fourth-order valence-electron chi connectivity index (χ4n) is 2.37. The van der Waals surface area contributed by atoms with Crippen molar-refractivity contribution in [2.75, 3.05) is 6.54 Å². The molecule has 0 spiro atoms. The second-order valence-corrected chi connectivity index (χ2v) is 5.67. The first-order valence-electron chi connectivity index (χ1n) is 6.31. The monoisotopic (exact) mass is 329 g/mol. The molecule has 1 heterocycles. The van der Waals surface area contributed by atoms with Gasteiger partial charge in [-0.2, -0.15) is 0 Å². The van der Waals surface area contributed by atoms with Gasteiger partial charge in [0.05, 0.1) is 6.54 Å². The van der Waals surface area contributed by atoms with E-state index in [4.69, 9.17) is 0 Å². The largest absolute Gasteiger partial charge is 0.327 e. The van der Waals surface area contributed by atoms with Crippen LogP contribution in [-0.4, -0.2) is 23.1 Å². The lowest BCUT2D eigenvalue weighted by molar-refractivity contribution is 0.0729. The van der Waals surface area contributed by atoms with E-state index in [1.165, 1.54) is 0 Å². The van der Waals surface area contributed by atoms with Crippen LogP contribution in [0.15, 0.2) is 53.0 Å². The molecular weight excluding hydrogens is 318 g/mol. The third kappa shape index (κ3) is 2.39. The van der Waals surface area contributed by atoms with Gasteiger partial charge in [0.2, 0.25) is 0 Å². The number of nitrogens with zero attached hydrogens (tertiary/aromatic N) is 1. The normalized spacial score (nSPS) is 13.4. The molecule has 3 nitrogen and oxygen atoms in total. The van der Waals surface area contributed by atoms with Crippen LogP contribution in [0.4, 0.5) is 0 Å². The first-order chi connectivity index (χ1) is 9.65. The summed E-state index contributed by atoms with van der Waals surface area (Å²) in [6.07, 6.45) is 0. The molecule has 0 saturated heterocycles. The Bertz CT molecular complexity index is 696. The molecule has 0 bridgehead atoms. The lowest BCUT2D eigenvalue weighted by Gasteiger charge is -2.14. The highest BCUT2D eigenvalue weighted by atomic mass is 79.9. The molecule has 2 aromatic rings. The van der Waals surface area contributed by atoms with Crippen LogP contribution >= 0.6 is 15.9 Å². The van der Waals surface area contributed by atoms with Crippen LogP contribution in [0.2, 0.25) is 0 Å². The quantitative estimate of drug-likeness (QED) is 0.810. The van der Waals surface area contributed by atoms with E-state index in [-0.39, 0.29) is 18.2 Å². The van der Waals surface area contributed by atoms with Gasteiger partial charge < -0.3 is 4.90 Å². The molecule has 0 aromatic heterocycles. The summed E-state index contributed by atoms with van der Waals surface area (Å²) in [5.41, 5.74) is 2.30.